The van der Waals surface area contributed by atoms with Gasteiger partial charge in [-0.05, 0) is 30.5 Å². The normalized spacial score (nSPS) is 10.4. The van der Waals surface area contributed by atoms with Gasteiger partial charge in [0, 0.05) is 4.90 Å². The molecule has 0 bridgehead atoms. The smallest absolute Gasteiger partial charge is 0.153 e. The minimum atomic E-state index is 0.0819. The lowest BCUT2D eigenvalue weighted by atomic mass is 10.4. The third-order valence-corrected chi connectivity index (χ3v) is 2.07. The third kappa shape index (κ3) is 3.39. The molecule has 12 heavy (non-hydrogen) atoms. The maximum Gasteiger partial charge on any atom is 0.153 e. The molecule has 0 aliphatic carbocycles. The fraction of sp³-hybridized carbons (Fsp3) is 0.100. The Morgan fingerprint density at radius 3 is 2.58 bits per heavy atom. The van der Waals surface area contributed by atoms with Crippen molar-refractivity contribution in [2.45, 2.75) is 11.8 Å². The van der Waals surface area contributed by atoms with E-state index in [4.69, 9.17) is 0 Å². The summed E-state index contributed by atoms with van der Waals surface area (Å²) in [5.41, 5.74) is 0. The van der Waals surface area contributed by atoms with Gasteiger partial charge in [0.05, 0.1) is 0 Å². The van der Waals surface area contributed by atoms with Crippen molar-refractivity contribution in [3.05, 3.63) is 41.8 Å². The summed E-state index contributed by atoms with van der Waals surface area (Å²) in [5.74, 6) is 0.0819. The third-order valence-electron chi connectivity index (χ3n) is 1.25. The molecule has 0 spiro atoms. The summed E-state index contributed by atoms with van der Waals surface area (Å²) >= 11 is 1.55. The minimum Gasteiger partial charge on any atom is -0.295 e. The second kappa shape index (κ2) is 4.78. The quantitative estimate of drug-likeness (QED) is 0.523. The van der Waals surface area contributed by atoms with Gasteiger partial charge in [0.15, 0.2) is 5.78 Å². The fourth-order valence-electron chi connectivity index (χ4n) is 0.707. The molecule has 0 unspecified atom stereocenters. The molecule has 0 heterocycles. The monoisotopic (exact) mass is 178 g/mol. The largest absolute Gasteiger partial charge is 0.295 e. The van der Waals surface area contributed by atoms with Gasteiger partial charge in [-0.15, -0.1) is 0 Å². The number of carbonyl (C=O) groups is 1. The second-order valence-electron chi connectivity index (χ2n) is 2.34. The van der Waals surface area contributed by atoms with Crippen molar-refractivity contribution in [1.29, 1.82) is 0 Å². The number of allylic oxidation sites excluding steroid dienone is 1. The van der Waals surface area contributed by atoms with E-state index >= 15 is 0 Å². The van der Waals surface area contributed by atoms with Crippen molar-refractivity contribution in [3.63, 3.8) is 0 Å². The molecule has 1 rings (SSSR count). The van der Waals surface area contributed by atoms with Gasteiger partial charge in [0.25, 0.3) is 0 Å². The Balaban J connectivity index is 2.49. The first-order chi connectivity index (χ1) is 5.79. The van der Waals surface area contributed by atoms with E-state index in [1.165, 1.54) is 0 Å². The lowest BCUT2D eigenvalue weighted by molar-refractivity contribution is -0.112. The van der Waals surface area contributed by atoms with Crippen molar-refractivity contribution < 1.29 is 4.79 Å². The molecule has 0 atom stereocenters. The average molecular weight is 178 g/mol. The first kappa shape index (κ1) is 9.07. The Hall–Kier alpha value is -1.02. The highest BCUT2D eigenvalue weighted by Gasteiger charge is 1.86. The number of hydrogen-bond donors (Lipinski definition) is 0. The van der Waals surface area contributed by atoms with Gasteiger partial charge in [0.2, 0.25) is 0 Å². The van der Waals surface area contributed by atoms with Crippen molar-refractivity contribution in [3.8, 4) is 0 Å². The standard InChI is InChI=1S/C10H10OS/c1-9(11)7-8-12-10-5-3-2-4-6-10/h2-8H,1H3. The molecule has 0 radical (unpaired) electrons. The maximum atomic E-state index is 10.5. The van der Waals surface area contributed by atoms with E-state index in [2.05, 4.69) is 0 Å². The summed E-state index contributed by atoms with van der Waals surface area (Å²) in [7, 11) is 0. The molecule has 0 saturated heterocycles. The zero-order valence-corrected chi connectivity index (χ0v) is 7.67. The fourth-order valence-corrected chi connectivity index (χ4v) is 1.44. The summed E-state index contributed by atoms with van der Waals surface area (Å²) in [5, 5.41) is 1.80. The summed E-state index contributed by atoms with van der Waals surface area (Å²) < 4.78 is 0. The van der Waals surface area contributed by atoms with Crippen LogP contribution in [0.15, 0.2) is 46.7 Å². The van der Waals surface area contributed by atoms with E-state index in [9.17, 15) is 4.79 Å². The number of carbonyl (C=O) groups excluding carboxylic acids is 1. The van der Waals surface area contributed by atoms with Crippen LogP contribution in [0.1, 0.15) is 6.92 Å². The molecule has 0 aliphatic rings. The van der Waals surface area contributed by atoms with E-state index in [1.807, 2.05) is 30.3 Å². The maximum absolute atomic E-state index is 10.5. The highest BCUT2D eigenvalue weighted by Crippen LogP contribution is 2.17. The number of benzene rings is 1. The zero-order valence-electron chi connectivity index (χ0n) is 6.86. The zero-order chi connectivity index (χ0) is 8.81. The molecule has 1 nitrogen and oxygen atoms in total. The summed E-state index contributed by atoms with van der Waals surface area (Å²) in [4.78, 5) is 11.7. The van der Waals surface area contributed by atoms with Gasteiger partial charge < -0.3 is 0 Å². The minimum absolute atomic E-state index is 0.0819. The van der Waals surface area contributed by atoms with Gasteiger partial charge in [-0.1, -0.05) is 30.0 Å². The van der Waals surface area contributed by atoms with E-state index in [1.54, 1.807) is 30.2 Å². The molecule has 0 saturated carbocycles. The Labute approximate surface area is 76.5 Å². The second-order valence-corrected chi connectivity index (χ2v) is 3.32. The number of rotatable bonds is 3. The van der Waals surface area contributed by atoms with Crippen LogP contribution in [0.25, 0.3) is 0 Å². The predicted molar refractivity (Wildman–Crippen MR) is 52.1 cm³/mol. The van der Waals surface area contributed by atoms with E-state index in [0.29, 0.717) is 0 Å². The first-order valence-corrected chi connectivity index (χ1v) is 4.56. The number of thioether (sulfide) groups is 1. The van der Waals surface area contributed by atoms with Gasteiger partial charge in [-0.2, -0.15) is 0 Å². The van der Waals surface area contributed by atoms with Crippen molar-refractivity contribution in [1.82, 2.24) is 0 Å². The van der Waals surface area contributed by atoms with Crippen LogP contribution in [0.3, 0.4) is 0 Å². The van der Waals surface area contributed by atoms with Crippen LogP contribution in [-0.4, -0.2) is 5.78 Å². The molecular formula is C10H10OS. The van der Waals surface area contributed by atoms with Gasteiger partial charge in [-0.25, -0.2) is 0 Å². The van der Waals surface area contributed by atoms with Gasteiger partial charge in [0.1, 0.15) is 0 Å². The number of hydrogen-bond acceptors (Lipinski definition) is 2. The Bertz CT molecular complexity index is 277. The average Bonchev–Trinajstić information content (AvgIpc) is 2.05. The summed E-state index contributed by atoms with van der Waals surface area (Å²) in [6, 6.07) is 9.94. The lowest BCUT2D eigenvalue weighted by Crippen LogP contribution is -1.77. The van der Waals surface area contributed by atoms with Crippen LogP contribution in [0.2, 0.25) is 0 Å². The molecular weight excluding hydrogens is 168 g/mol. The van der Waals surface area contributed by atoms with E-state index in [-0.39, 0.29) is 5.78 Å². The topological polar surface area (TPSA) is 17.1 Å². The molecule has 62 valence electrons. The summed E-state index contributed by atoms with van der Waals surface area (Å²) in [6.45, 7) is 1.54. The lowest BCUT2D eigenvalue weighted by Gasteiger charge is -1.92. The molecule has 1 aromatic rings. The van der Waals surface area contributed by atoms with Crippen LogP contribution in [0, 0.1) is 0 Å². The molecule has 0 aliphatic heterocycles. The molecule has 0 amide bonds. The molecule has 1 aromatic carbocycles. The van der Waals surface area contributed by atoms with Gasteiger partial charge in [-0.3, -0.25) is 4.79 Å². The van der Waals surface area contributed by atoms with Crippen molar-refractivity contribution >= 4 is 17.5 Å². The predicted octanol–water partition coefficient (Wildman–Crippen LogP) is 2.88. The first-order valence-electron chi connectivity index (χ1n) is 3.68. The SMILES string of the molecule is CC(=O)C=CSc1ccccc1. The number of ketones is 1. The molecule has 0 fully saturated rings. The van der Waals surface area contributed by atoms with Crippen LogP contribution in [0.5, 0.6) is 0 Å². The highest BCUT2D eigenvalue weighted by atomic mass is 32.2. The Morgan fingerprint density at radius 2 is 2.00 bits per heavy atom. The molecule has 0 aromatic heterocycles. The van der Waals surface area contributed by atoms with Crippen LogP contribution < -0.4 is 0 Å². The molecule has 0 N–H and O–H groups in total. The Kier molecular flexibility index (Phi) is 3.61. The van der Waals surface area contributed by atoms with Crippen LogP contribution >= 0.6 is 11.8 Å². The van der Waals surface area contributed by atoms with E-state index < -0.39 is 0 Å². The van der Waals surface area contributed by atoms with Crippen LogP contribution in [0.4, 0.5) is 0 Å². The van der Waals surface area contributed by atoms with E-state index in [0.717, 1.165) is 4.90 Å². The highest BCUT2D eigenvalue weighted by molar-refractivity contribution is 8.02. The van der Waals surface area contributed by atoms with Crippen molar-refractivity contribution in [2.75, 3.05) is 0 Å². The Morgan fingerprint density at radius 1 is 1.33 bits per heavy atom. The molecule has 2 heteroatoms. The van der Waals surface area contributed by atoms with Gasteiger partial charge >= 0.3 is 0 Å². The van der Waals surface area contributed by atoms with Crippen LogP contribution in [-0.2, 0) is 4.79 Å². The van der Waals surface area contributed by atoms with Crippen molar-refractivity contribution in [2.24, 2.45) is 0 Å². The summed E-state index contributed by atoms with van der Waals surface area (Å²) in [6.07, 6.45) is 1.57.